The second-order valence-corrected chi connectivity index (χ2v) is 4.53. The third kappa shape index (κ3) is 2.27. The van der Waals surface area contributed by atoms with Crippen LogP contribution < -0.4 is 5.73 Å². The number of para-hydroxylation sites is 1. The van der Waals surface area contributed by atoms with Gasteiger partial charge in [-0.15, -0.1) is 0 Å². The van der Waals surface area contributed by atoms with Crippen LogP contribution in [0.2, 0.25) is 0 Å². The van der Waals surface area contributed by atoms with Crippen LogP contribution in [-0.2, 0) is 10.3 Å². The van der Waals surface area contributed by atoms with Crippen molar-refractivity contribution in [3.8, 4) is 11.5 Å². The Morgan fingerprint density at radius 3 is 2.65 bits per heavy atom. The number of halogens is 1. The zero-order valence-corrected chi connectivity index (χ0v) is 11.8. The summed E-state index contributed by atoms with van der Waals surface area (Å²) in [7, 11) is 1.61. The van der Waals surface area contributed by atoms with E-state index in [0.717, 1.165) is 0 Å². The Balaban J connectivity index is 2.45. The maximum absolute atomic E-state index is 13.5. The van der Waals surface area contributed by atoms with Gasteiger partial charge in [0.05, 0.1) is 11.3 Å². The Labute approximate surface area is 116 Å². The summed E-state index contributed by atoms with van der Waals surface area (Å²) < 4.78 is 24.2. The molecule has 2 N–H and O–H groups in total. The van der Waals surface area contributed by atoms with Crippen LogP contribution in [0.25, 0.3) is 11.5 Å². The van der Waals surface area contributed by atoms with Crippen molar-refractivity contribution in [1.29, 1.82) is 0 Å². The van der Waals surface area contributed by atoms with Crippen molar-refractivity contribution >= 4 is 5.69 Å². The first kappa shape index (κ1) is 14.5. The molecule has 2 rings (SSSR count). The molecule has 1 aromatic heterocycles. The minimum atomic E-state index is -0.593. The predicted molar refractivity (Wildman–Crippen MR) is 73.4 cm³/mol. The Kier molecular flexibility index (Phi) is 4.04. The number of hydrogen-bond acceptors (Lipinski definition) is 5. The summed E-state index contributed by atoms with van der Waals surface area (Å²) in [6.45, 7) is 3.97. The standard InChI is InChI=1S/C14H18FN3O2/c1-4-14(5-2,19-3)13-17-12(20-18-13)9-7-6-8-10(15)11(9)16/h6-8H,4-5,16H2,1-3H3. The van der Waals surface area contributed by atoms with E-state index in [1.54, 1.807) is 19.2 Å². The Morgan fingerprint density at radius 2 is 2.05 bits per heavy atom. The lowest BCUT2D eigenvalue weighted by atomic mass is 9.96. The van der Waals surface area contributed by atoms with E-state index in [-0.39, 0.29) is 11.6 Å². The summed E-state index contributed by atoms with van der Waals surface area (Å²) in [5.41, 5.74) is 5.49. The lowest BCUT2D eigenvalue weighted by Gasteiger charge is -2.25. The van der Waals surface area contributed by atoms with E-state index in [2.05, 4.69) is 10.1 Å². The number of methoxy groups -OCH3 is 1. The lowest BCUT2D eigenvalue weighted by molar-refractivity contribution is -0.0306. The van der Waals surface area contributed by atoms with Crippen LogP contribution in [0.5, 0.6) is 0 Å². The van der Waals surface area contributed by atoms with E-state index in [4.69, 9.17) is 15.0 Å². The molecule has 2 aromatic rings. The number of ether oxygens (including phenoxy) is 1. The quantitative estimate of drug-likeness (QED) is 0.851. The number of hydrogen-bond donors (Lipinski definition) is 1. The Morgan fingerprint density at radius 1 is 1.35 bits per heavy atom. The highest BCUT2D eigenvalue weighted by Crippen LogP contribution is 2.33. The van der Waals surface area contributed by atoms with E-state index < -0.39 is 11.4 Å². The molecular weight excluding hydrogens is 261 g/mol. The largest absolute Gasteiger partial charge is 0.396 e. The first-order valence-electron chi connectivity index (χ1n) is 6.51. The van der Waals surface area contributed by atoms with E-state index in [9.17, 15) is 4.39 Å². The van der Waals surface area contributed by atoms with Gasteiger partial charge in [0, 0.05) is 7.11 Å². The molecule has 0 aliphatic rings. The number of nitrogen functional groups attached to an aromatic ring is 1. The van der Waals surface area contributed by atoms with Gasteiger partial charge in [0.2, 0.25) is 5.82 Å². The highest BCUT2D eigenvalue weighted by Gasteiger charge is 2.34. The van der Waals surface area contributed by atoms with Gasteiger partial charge in [-0.2, -0.15) is 4.98 Å². The van der Waals surface area contributed by atoms with Gasteiger partial charge < -0.3 is 15.0 Å². The molecule has 0 fully saturated rings. The van der Waals surface area contributed by atoms with Crippen LogP contribution in [0.15, 0.2) is 22.7 Å². The molecule has 0 amide bonds. The summed E-state index contributed by atoms with van der Waals surface area (Å²) in [6, 6.07) is 4.48. The van der Waals surface area contributed by atoms with Crippen molar-refractivity contribution in [2.24, 2.45) is 0 Å². The smallest absolute Gasteiger partial charge is 0.260 e. The molecule has 5 nitrogen and oxygen atoms in total. The van der Waals surface area contributed by atoms with Crippen LogP contribution in [0.3, 0.4) is 0 Å². The summed E-state index contributed by atoms with van der Waals surface area (Å²) in [4.78, 5) is 4.32. The molecule has 0 unspecified atom stereocenters. The summed E-state index contributed by atoms with van der Waals surface area (Å²) in [5.74, 6) is 0.134. The fourth-order valence-corrected chi connectivity index (χ4v) is 2.19. The zero-order chi connectivity index (χ0) is 14.8. The first-order valence-corrected chi connectivity index (χ1v) is 6.51. The monoisotopic (exact) mass is 279 g/mol. The van der Waals surface area contributed by atoms with Crippen LogP contribution in [0.1, 0.15) is 32.5 Å². The zero-order valence-electron chi connectivity index (χ0n) is 11.8. The third-order valence-electron chi connectivity index (χ3n) is 3.65. The minimum Gasteiger partial charge on any atom is -0.396 e. The van der Waals surface area contributed by atoms with E-state index >= 15 is 0 Å². The number of benzene rings is 1. The van der Waals surface area contributed by atoms with Crippen molar-refractivity contribution < 1.29 is 13.7 Å². The maximum atomic E-state index is 13.5. The second kappa shape index (κ2) is 5.58. The van der Waals surface area contributed by atoms with E-state index in [0.29, 0.717) is 24.2 Å². The van der Waals surface area contributed by atoms with Crippen molar-refractivity contribution in [3.63, 3.8) is 0 Å². The Hall–Kier alpha value is -1.95. The maximum Gasteiger partial charge on any atom is 0.260 e. The third-order valence-corrected chi connectivity index (χ3v) is 3.65. The van der Waals surface area contributed by atoms with Gasteiger partial charge in [-0.05, 0) is 25.0 Å². The van der Waals surface area contributed by atoms with Crippen molar-refractivity contribution in [3.05, 3.63) is 29.8 Å². The lowest BCUT2D eigenvalue weighted by Crippen LogP contribution is -2.28. The molecule has 0 spiro atoms. The van der Waals surface area contributed by atoms with Gasteiger partial charge in [0.1, 0.15) is 11.4 Å². The predicted octanol–water partition coefficient (Wildman–Crippen LogP) is 3.12. The molecule has 20 heavy (non-hydrogen) atoms. The molecule has 1 heterocycles. The van der Waals surface area contributed by atoms with E-state index in [1.807, 2.05) is 13.8 Å². The van der Waals surface area contributed by atoms with Gasteiger partial charge >= 0.3 is 0 Å². The van der Waals surface area contributed by atoms with Gasteiger partial charge in [0.25, 0.3) is 5.89 Å². The SMILES string of the molecule is CCC(CC)(OC)c1noc(-c2cccc(F)c2N)n1. The molecule has 108 valence electrons. The molecule has 0 atom stereocenters. The van der Waals surface area contributed by atoms with E-state index in [1.165, 1.54) is 6.07 Å². The molecule has 0 radical (unpaired) electrons. The van der Waals surface area contributed by atoms with Gasteiger partial charge in [-0.25, -0.2) is 4.39 Å². The second-order valence-electron chi connectivity index (χ2n) is 4.53. The van der Waals surface area contributed by atoms with Crippen molar-refractivity contribution in [1.82, 2.24) is 10.1 Å². The molecule has 0 bridgehead atoms. The fourth-order valence-electron chi connectivity index (χ4n) is 2.19. The average molecular weight is 279 g/mol. The molecule has 0 aliphatic heterocycles. The number of rotatable bonds is 5. The first-order chi connectivity index (χ1) is 9.57. The van der Waals surface area contributed by atoms with Crippen molar-refractivity contribution in [2.75, 3.05) is 12.8 Å². The Bertz CT molecular complexity index is 586. The molecule has 1 aromatic carbocycles. The molecule has 6 heteroatoms. The molecule has 0 aliphatic carbocycles. The normalized spacial score (nSPS) is 11.8. The van der Waals surface area contributed by atoms with Crippen LogP contribution in [0.4, 0.5) is 10.1 Å². The summed E-state index contributed by atoms with van der Waals surface area (Å²) in [5, 5.41) is 3.96. The van der Waals surface area contributed by atoms with Gasteiger partial charge in [-0.3, -0.25) is 0 Å². The fraction of sp³-hybridized carbons (Fsp3) is 0.429. The van der Waals surface area contributed by atoms with Gasteiger partial charge in [-0.1, -0.05) is 25.1 Å². The van der Waals surface area contributed by atoms with Crippen LogP contribution in [0, 0.1) is 5.82 Å². The number of anilines is 1. The minimum absolute atomic E-state index is 0.00119. The van der Waals surface area contributed by atoms with Crippen molar-refractivity contribution in [2.45, 2.75) is 32.3 Å². The molecular formula is C14H18FN3O2. The number of nitrogens with zero attached hydrogens (tertiary/aromatic N) is 2. The molecule has 0 saturated heterocycles. The highest BCUT2D eigenvalue weighted by atomic mass is 19.1. The van der Waals surface area contributed by atoms with Gasteiger partial charge in [0.15, 0.2) is 0 Å². The van der Waals surface area contributed by atoms with Crippen LogP contribution in [-0.4, -0.2) is 17.3 Å². The molecule has 0 saturated carbocycles. The summed E-state index contributed by atoms with van der Waals surface area (Å²) in [6.07, 6.45) is 1.41. The summed E-state index contributed by atoms with van der Waals surface area (Å²) >= 11 is 0. The van der Waals surface area contributed by atoms with Crippen LogP contribution >= 0.6 is 0 Å². The topological polar surface area (TPSA) is 74.2 Å². The number of nitrogens with two attached hydrogens (primary N) is 1. The average Bonchev–Trinajstić information content (AvgIpc) is 2.95. The highest BCUT2D eigenvalue weighted by molar-refractivity contribution is 5.70. The number of aromatic nitrogens is 2.